The molecule has 0 bridgehead atoms. The zero-order chi connectivity index (χ0) is 20.2. The molecule has 0 aliphatic rings. The number of fused-ring (bicyclic) bond motifs is 1. The summed E-state index contributed by atoms with van der Waals surface area (Å²) in [6, 6.07) is 23.0. The third kappa shape index (κ3) is 4.08. The van der Waals surface area contributed by atoms with Gasteiger partial charge < -0.3 is 10.2 Å². The molecule has 0 fully saturated rings. The number of nitrogens with one attached hydrogen (secondary N) is 1. The van der Waals surface area contributed by atoms with Crippen LogP contribution in [-0.4, -0.2) is 17.9 Å². The van der Waals surface area contributed by atoms with Crippen molar-refractivity contribution in [3.8, 4) is 0 Å². The Bertz CT molecular complexity index is 1160. The maximum absolute atomic E-state index is 13.1. The minimum Gasteiger partial charge on any atom is -0.370 e. The quantitative estimate of drug-likeness (QED) is 0.461. The van der Waals surface area contributed by atoms with Crippen molar-refractivity contribution < 1.29 is 4.79 Å². The molecule has 4 aromatic rings. The van der Waals surface area contributed by atoms with Gasteiger partial charge in [0.15, 0.2) is 0 Å². The Hall–Kier alpha value is -3.37. The smallest absolute Gasteiger partial charge is 0.257 e. The Morgan fingerprint density at radius 1 is 0.931 bits per heavy atom. The van der Waals surface area contributed by atoms with Crippen LogP contribution in [0.4, 0.5) is 11.4 Å². The number of amides is 1. The summed E-state index contributed by atoms with van der Waals surface area (Å²) >= 11 is 6.30. The first-order chi connectivity index (χ1) is 14.1. The molecular formula is C24H20ClN3O. The predicted octanol–water partition coefficient (Wildman–Crippen LogP) is 5.78. The van der Waals surface area contributed by atoms with Gasteiger partial charge in [-0.15, -0.1) is 0 Å². The highest BCUT2D eigenvalue weighted by atomic mass is 35.5. The molecule has 144 valence electrons. The minimum atomic E-state index is -0.158. The first-order valence-corrected chi connectivity index (χ1v) is 9.69. The van der Waals surface area contributed by atoms with E-state index in [1.807, 2.05) is 73.8 Å². The number of rotatable bonds is 5. The molecular weight excluding hydrogens is 382 g/mol. The lowest BCUT2D eigenvalue weighted by Gasteiger charge is -2.22. The van der Waals surface area contributed by atoms with Gasteiger partial charge in [-0.2, -0.15) is 0 Å². The van der Waals surface area contributed by atoms with E-state index in [0.717, 1.165) is 27.7 Å². The number of hydrogen-bond donors (Lipinski definition) is 1. The molecule has 29 heavy (non-hydrogen) atoms. The lowest BCUT2D eigenvalue weighted by atomic mass is 10.1. The number of nitrogens with zero attached hydrogens (tertiary/aromatic N) is 2. The fourth-order valence-electron chi connectivity index (χ4n) is 3.41. The Kier molecular flexibility index (Phi) is 5.45. The summed E-state index contributed by atoms with van der Waals surface area (Å²) in [5.41, 5.74) is 3.34. The monoisotopic (exact) mass is 401 g/mol. The molecule has 1 aromatic heterocycles. The van der Waals surface area contributed by atoms with Crippen molar-refractivity contribution in [3.63, 3.8) is 0 Å². The Labute approximate surface area is 174 Å². The van der Waals surface area contributed by atoms with Gasteiger partial charge in [-0.25, -0.2) is 0 Å². The molecule has 0 radical (unpaired) electrons. The van der Waals surface area contributed by atoms with E-state index in [0.29, 0.717) is 17.1 Å². The van der Waals surface area contributed by atoms with Crippen molar-refractivity contribution in [3.05, 3.63) is 101 Å². The van der Waals surface area contributed by atoms with Crippen LogP contribution in [0, 0.1) is 0 Å². The number of halogens is 1. The molecule has 5 heteroatoms. The van der Waals surface area contributed by atoms with E-state index in [9.17, 15) is 4.79 Å². The van der Waals surface area contributed by atoms with Crippen LogP contribution in [0.5, 0.6) is 0 Å². The van der Waals surface area contributed by atoms with E-state index >= 15 is 0 Å². The van der Waals surface area contributed by atoms with Crippen molar-refractivity contribution in [1.82, 2.24) is 4.98 Å². The average molecular weight is 402 g/mol. The summed E-state index contributed by atoms with van der Waals surface area (Å²) < 4.78 is 0. The lowest BCUT2D eigenvalue weighted by Crippen LogP contribution is -2.21. The summed E-state index contributed by atoms with van der Waals surface area (Å²) in [7, 11) is 1.98. The summed E-state index contributed by atoms with van der Waals surface area (Å²) in [5.74, 6) is -0.158. The lowest BCUT2D eigenvalue weighted by molar-refractivity contribution is 0.102. The Morgan fingerprint density at radius 3 is 2.41 bits per heavy atom. The zero-order valence-corrected chi connectivity index (χ0v) is 16.7. The Balaban J connectivity index is 1.63. The maximum atomic E-state index is 13.1. The third-order valence-electron chi connectivity index (χ3n) is 4.85. The van der Waals surface area contributed by atoms with Crippen LogP contribution in [0.25, 0.3) is 10.8 Å². The molecule has 0 unspecified atom stereocenters. The van der Waals surface area contributed by atoms with Crippen molar-refractivity contribution in [2.45, 2.75) is 6.54 Å². The summed E-state index contributed by atoms with van der Waals surface area (Å²) in [4.78, 5) is 19.3. The van der Waals surface area contributed by atoms with Crippen molar-refractivity contribution in [2.24, 2.45) is 0 Å². The standard InChI is InChI=1S/C24H20ClN3O/c1-28(16-17-12-14-26-15-13-17)23-9-5-4-8-20(23)24(29)27-22-11-10-21(25)18-6-2-3-7-19(18)22/h2-15H,16H2,1H3,(H,27,29). The van der Waals surface area contributed by atoms with E-state index < -0.39 is 0 Å². The molecule has 0 atom stereocenters. The van der Waals surface area contributed by atoms with E-state index in [-0.39, 0.29) is 5.91 Å². The second-order valence-corrected chi connectivity index (χ2v) is 7.23. The van der Waals surface area contributed by atoms with Crippen LogP contribution in [0.2, 0.25) is 5.02 Å². The minimum absolute atomic E-state index is 0.158. The van der Waals surface area contributed by atoms with E-state index in [1.54, 1.807) is 18.5 Å². The van der Waals surface area contributed by atoms with Crippen molar-refractivity contribution in [1.29, 1.82) is 0 Å². The highest BCUT2D eigenvalue weighted by Gasteiger charge is 2.16. The molecule has 4 nitrogen and oxygen atoms in total. The third-order valence-corrected chi connectivity index (χ3v) is 5.18. The van der Waals surface area contributed by atoms with Crippen molar-refractivity contribution in [2.75, 3.05) is 17.3 Å². The van der Waals surface area contributed by atoms with Gasteiger partial charge in [0.25, 0.3) is 5.91 Å². The number of para-hydroxylation sites is 1. The van der Waals surface area contributed by atoms with Crippen LogP contribution < -0.4 is 10.2 Å². The van der Waals surface area contributed by atoms with E-state index in [1.165, 1.54) is 0 Å². The largest absolute Gasteiger partial charge is 0.370 e. The summed E-state index contributed by atoms with van der Waals surface area (Å²) in [6.07, 6.45) is 3.54. The van der Waals surface area contributed by atoms with Gasteiger partial charge in [0.2, 0.25) is 0 Å². The molecule has 0 aliphatic heterocycles. The predicted molar refractivity (Wildman–Crippen MR) is 120 cm³/mol. The SMILES string of the molecule is CN(Cc1ccncc1)c1ccccc1C(=O)Nc1ccc(Cl)c2ccccc12. The number of carbonyl (C=O) groups is 1. The van der Waals surface area contributed by atoms with Crippen LogP contribution in [-0.2, 0) is 6.54 Å². The molecule has 1 N–H and O–H groups in total. The second-order valence-electron chi connectivity index (χ2n) is 6.82. The highest BCUT2D eigenvalue weighted by Crippen LogP contribution is 2.30. The molecule has 1 amide bonds. The topological polar surface area (TPSA) is 45.2 Å². The summed E-state index contributed by atoms with van der Waals surface area (Å²) in [6.45, 7) is 0.677. The number of benzene rings is 3. The average Bonchev–Trinajstić information content (AvgIpc) is 2.76. The molecule has 0 saturated heterocycles. The first-order valence-electron chi connectivity index (χ1n) is 9.31. The molecule has 1 heterocycles. The van der Waals surface area contributed by atoms with Crippen LogP contribution in [0.1, 0.15) is 15.9 Å². The van der Waals surface area contributed by atoms with Gasteiger partial charge >= 0.3 is 0 Å². The van der Waals surface area contributed by atoms with Crippen molar-refractivity contribution >= 4 is 39.7 Å². The van der Waals surface area contributed by atoms with Gasteiger partial charge in [0.05, 0.1) is 5.56 Å². The van der Waals surface area contributed by atoms with Gasteiger partial charge in [-0.05, 0) is 42.0 Å². The van der Waals surface area contributed by atoms with Gasteiger partial charge in [-0.3, -0.25) is 9.78 Å². The van der Waals surface area contributed by atoms with Crippen LogP contribution in [0.15, 0.2) is 85.2 Å². The van der Waals surface area contributed by atoms with E-state index in [4.69, 9.17) is 11.6 Å². The highest BCUT2D eigenvalue weighted by molar-refractivity contribution is 6.36. The normalized spacial score (nSPS) is 10.7. The molecule has 0 aliphatic carbocycles. The molecule has 3 aromatic carbocycles. The maximum Gasteiger partial charge on any atom is 0.257 e. The number of anilines is 2. The zero-order valence-electron chi connectivity index (χ0n) is 16.0. The molecule has 0 saturated carbocycles. The second kappa shape index (κ2) is 8.33. The summed E-state index contributed by atoms with van der Waals surface area (Å²) in [5, 5.41) is 5.54. The van der Waals surface area contributed by atoms with Gasteiger partial charge in [0, 0.05) is 53.2 Å². The first kappa shape index (κ1) is 19.0. The Morgan fingerprint density at radius 2 is 1.62 bits per heavy atom. The molecule has 4 rings (SSSR count). The fourth-order valence-corrected chi connectivity index (χ4v) is 3.63. The van der Waals surface area contributed by atoms with Gasteiger partial charge in [0.1, 0.15) is 0 Å². The molecule has 0 spiro atoms. The number of carbonyl (C=O) groups excluding carboxylic acids is 1. The number of hydrogen-bond acceptors (Lipinski definition) is 3. The van der Waals surface area contributed by atoms with E-state index in [2.05, 4.69) is 15.2 Å². The van der Waals surface area contributed by atoms with Crippen LogP contribution >= 0.6 is 11.6 Å². The number of pyridine rings is 1. The van der Waals surface area contributed by atoms with Gasteiger partial charge in [-0.1, -0.05) is 48.0 Å². The van der Waals surface area contributed by atoms with Crippen LogP contribution in [0.3, 0.4) is 0 Å². The fraction of sp³-hybridized carbons (Fsp3) is 0.0833. The number of aromatic nitrogens is 1.